The number of hydrogen-bond acceptors (Lipinski definition) is 4. The van der Waals surface area contributed by atoms with Crippen LogP contribution in [-0.2, 0) is 0 Å². The first-order chi connectivity index (χ1) is 10.7. The summed E-state index contributed by atoms with van der Waals surface area (Å²) in [6.07, 6.45) is 10.9. The molecule has 118 valence electrons. The molecule has 0 N–H and O–H groups in total. The van der Waals surface area contributed by atoms with Crippen LogP contribution in [-0.4, -0.2) is 38.6 Å². The van der Waals surface area contributed by atoms with Crippen LogP contribution < -0.4 is 0 Å². The average molecular weight is 300 g/mol. The summed E-state index contributed by atoms with van der Waals surface area (Å²) >= 11 is 0. The van der Waals surface area contributed by atoms with Gasteiger partial charge in [-0.1, -0.05) is 13.8 Å². The molecule has 22 heavy (non-hydrogen) atoms. The number of hydrogen-bond donors (Lipinski definition) is 0. The monoisotopic (exact) mass is 300 g/mol. The fraction of sp³-hybridized carbons (Fsp3) is 0.647. The molecule has 0 bridgehead atoms. The SMILES string of the molecule is CC(C)c1nc(-c2nccn2[C@@H]2CCCN3CCC[C@H]23)co1. The van der Waals surface area contributed by atoms with Crippen molar-refractivity contribution in [3.8, 4) is 11.5 Å². The lowest BCUT2D eigenvalue weighted by molar-refractivity contribution is 0.139. The number of piperidine rings is 1. The number of aromatic nitrogens is 3. The molecule has 0 amide bonds. The van der Waals surface area contributed by atoms with E-state index in [1.165, 1.54) is 38.8 Å². The Hall–Kier alpha value is -1.62. The van der Waals surface area contributed by atoms with E-state index in [4.69, 9.17) is 4.42 Å². The number of fused-ring (bicyclic) bond motifs is 1. The maximum absolute atomic E-state index is 5.60. The fourth-order valence-electron chi connectivity index (χ4n) is 4.02. The minimum atomic E-state index is 0.303. The van der Waals surface area contributed by atoms with Gasteiger partial charge in [0.15, 0.2) is 11.7 Å². The summed E-state index contributed by atoms with van der Waals surface area (Å²) in [6, 6.07) is 1.19. The predicted octanol–water partition coefficient (Wildman–Crippen LogP) is 3.46. The van der Waals surface area contributed by atoms with Gasteiger partial charge < -0.3 is 8.98 Å². The van der Waals surface area contributed by atoms with Crippen molar-refractivity contribution in [2.24, 2.45) is 0 Å². The molecule has 2 fully saturated rings. The van der Waals surface area contributed by atoms with E-state index < -0.39 is 0 Å². The van der Waals surface area contributed by atoms with Gasteiger partial charge in [-0.25, -0.2) is 9.97 Å². The molecule has 0 aliphatic carbocycles. The van der Waals surface area contributed by atoms with Gasteiger partial charge in [0.05, 0.1) is 6.04 Å². The van der Waals surface area contributed by atoms with E-state index >= 15 is 0 Å². The number of nitrogens with zero attached hydrogens (tertiary/aromatic N) is 4. The van der Waals surface area contributed by atoms with Crippen molar-refractivity contribution >= 4 is 0 Å². The minimum Gasteiger partial charge on any atom is -0.448 e. The molecule has 4 heterocycles. The van der Waals surface area contributed by atoms with Crippen LogP contribution in [0.1, 0.15) is 57.4 Å². The third-order valence-electron chi connectivity index (χ3n) is 5.07. The third kappa shape index (κ3) is 2.28. The maximum atomic E-state index is 5.60. The summed E-state index contributed by atoms with van der Waals surface area (Å²) in [5.74, 6) is 2.04. The van der Waals surface area contributed by atoms with Crippen LogP contribution in [0.25, 0.3) is 11.5 Å². The zero-order valence-corrected chi connectivity index (χ0v) is 13.4. The first-order valence-corrected chi connectivity index (χ1v) is 8.46. The van der Waals surface area contributed by atoms with E-state index in [-0.39, 0.29) is 0 Å². The lowest BCUT2D eigenvalue weighted by Gasteiger charge is -2.37. The Labute approximate surface area is 131 Å². The van der Waals surface area contributed by atoms with Crippen LogP contribution in [0.15, 0.2) is 23.1 Å². The second kappa shape index (κ2) is 5.54. The van der Waals surface area contributed by atoms with Crippen LogP contribution in [0.4, 0.5) is 0 Å². The summed E-state index contributed by atoms with van der Waals surface area (Å²) < 4.78 is 7.94. The fourth-order valence-corrected chi connectivity index (χ4v) is 4.02. The molecule has 0 aromatic carbocycles. The van der Waals surface area contributed by atoms with Crippen molar-refractivity contribution in [1.82, 2.24) is 19.4 Å². The highest BCUT2D eigenvalue weighted by atomic mass is 16.3. The Morgan fingerprint density at radius 3 is 2.68 bits per heavy atom. The lowest BCUT2D eigenvalue weighted by Crippen LogP contribution is -2.41. The maximum Gasteiger partial charge on any atom is 0.197 e. The molecule has 5 heteroatoms. The summed E-state index contributed by atoms with van der Waals surface area (Å²) in [6.45, 7) is 6.71. The van der Waals surface area contributed by atoms with Crippen molar-refractivity contribution < 1.29 is 4.42 Å². The molecule has 0 unspecified atom stereocenters. The van der Waals surface area contributed by atoms with Gasteiger partial charge in [-0.05, 0) is 38.8 Å². The highest BCUT2D eigenvalue weighted by molar-refractivity contribution is 5.48. The Bertz CT molecular complexity index is 645. The smallest absolute Gasteiger partial charge is 0.197 e. The van der Waals surface area contributed by atoms with Crippen molar-refractivity contribution in [3.63, 3.8) is 0 Å². The molecule has 2 aliphatic rings. The van der Waals surface area contributed by atoms with Gasteiger partial charge in [0.2, 0.25) is 0 Å². The normalized spacial score (nSPS) is 25.8. The molecule has 5 nitrogen and oxygen atoms in total. The van der Waals surface area contributed by atoms with E-state index in [0.717, 1.165) is 17.4 Å². The molecular formula is C17H24N4O. The zero-order chi connectivity index (χ0) is 15.1. The minimum absolute atomic E-state index is 0.303. The average Bonchev–Trinajstić information content (AvgIpc) is 3.25. The van der Waals surface area contributed by atoms with Crippen LogP contribution in [0.5, 0.6) is 0 Å². The summed E-state index contributed by atoms with van der Waals surface area (Å²) in [5, 5.41) is 0. The number of imidazole rings is 1. The molecule has 0 radical (unpaired) electrons. The molecule has 2 aromatic rings. The van der Waals surface area contributed by atoms with Crippen LogP contribution >= 0.6 is 0 Å². The zero-order valence-electron chi connectivity index (χ0n) is 13.4. The highest BCUT2D eigenvalue weighted by Crippen LogP contribution is 2.37. The second-order valence-electron chi connectivity index (χ2n) is 6.84. The van der Waals surface area contributed by atoms with E-state index in [2.05, 4.69) is 39.5 Å². The van der Waals surface area contributed by atoms with E-state index in [1.54, 1.807) is 6.26 Å². The van der Waals surface area contributed by atoms with Gasteiger partial charge in [0.1, 0.15) is 12.0 Å². The van der Waals surface area contributed by atoms with E-state index in [1.807, 2.05) is 6.20 Å². The van der Waals surface area contributed by atoms with Gasteiger partial charge in [-0.3, -0.25) is 4.90 Å². The van der Waals surface area contributed by atoms with E-state index in [9.17, 15) is 0 Å². The molecule has 0 spiro atoms. The topological polar surface area (TPSA) is 47.1 Å². The van der Waals surface area contributed by atoms with Gasteiger partial charge in [-0.2, -0.15) is 0 Å². The second-order valence-corrected chi connectivity index (χ2v) is 6.84. The van der Waals surface area contributed by atoms with Crippen molar-refractivity contribution in [3.05, 3.63) is 24.5 Å². The molecule has 2 atom stereocenters. The van der Waals surface area contributed by atoms with Crippen LogP contribution in [0, 0.1) is 0 Å². The number of oxazole rings is 1. The summed E-state index contributed by atoms with van der Waals surface area (Å²) in [5.41, 5.74) is 0.865. The van der Waals surface area contributed by atoms with E-state index in [0.29, 0.717) is 18.0 Å². The van der Waals surface area contributed by atoms with Crippen molar-refractivity contribution in [2.45, 2.75) is 57.5 Å². The van der Waals surface area contributed by atoms with Gasteiger partial charge in [-0.15, -0.1) is 0 Å². The molecule has 2 aliphatic heterocycles. The predicted molar refractivity (Wildman–Crippen MR) is 84.7 cm³/mol. The first kappa shape index (κ1) is 14.0. The van der Waals surface area contributed by atoms with Crippen LogP contribution in [0.3, 0.4) is 0 Å². The standard InChI is InChI=1S/C17H24N4O/c1-12(2)17-19-13(11-22-17)16-18-7-10-21(16)15-6-4-9-20-8-3-5-14(15)20/h7,10-12,14-15H,3-6,8-9H2,1-2H3/t14-,15-/m1/s1. The molecular weight excluding hydrogens is 276 g/mol. The van der Waals surface area contributed by atoms with Crippen molar-refractivity contribution in [2.75, 3.05) is 13.1 Å². The van der Waals surface area contributed by atoms with Crippen molar-refractivity contribution in [1.29, 1.82) is 0 Å². The summed E-state index contributed by atoms with van der Waals surface area (Å²) in [7, 11) is 0. The Balaban J connectivity index is 1.67. The lowest BCUT2D eigenvalue weighted by atomic mass is 9.96. The Morgan fingerprint density at radius 1 is 1.18 bits per heavy atom. The van der Waals surface area contributed by atoms with Crippen LogP contribution in [0.2, 0.25) is 0 Å². The largest absolute Gasteiger partial charge is 0.448 e. The van der Waals surface area contributed by atoms with Gasteiger partial charge in [0, 0.05) is 24.4 Å². The quantitative estimate of drug-likeness (QED) is 0.871. The number of rotatable bonds is 3. The Morgan fingerprint density at radius 2 is 1.95 bits per heavy atom. The molecule has 4 rings (SSSR count). The van der Waals surface area contributed by atoms with Gasteiger partial charge >= 0.3 is 0 Å². The van der Waals surface area contributed by atoms with Gasteiger partial charge in [0.25, 0.3) is 0 Å². The highest BCUT2D eigenvalue weighted by Gasteiger charge is 2.36. The Kier molecular flexibility index (Phi) is 3.53. The first-order valence-electron chi connectivity index (χ1n) is 8.46. The third-order valence-corrected chi connectivity index (χ3v) is 5.07. The molecule has 2 saturated heterocycles. The molecule has 2 aromatic heterocycles. The summed E-state index contributed by atoms with van der Waals surface area (Å²) in [4.78, 5) is 11.9. The molecule has 0 saturated carbocycles.